The van der Waals surface area contributed by atoms with Gasteiger partial charge in [0.05, 0.1) is 6.61 Å². The molecule has 0 unspecified atom stereocenters. The van der Waals surface area contributed by atoms with E-state index in [1.807, 2.05) is 12.1 Å². The smallest absolute Gasteiger partial charge is 0.128 e. The van der Waals surface area contributed by atoms with Crippen molar-refractivity contribution in [3.05, 3.63) is 34.1 Å². The number of nitrogens with zero attached hydrogens (tertiary/aromatic N) is 1. The monoisotopic (exact) mass is 289 g/mol. The van der Waals surface area contributed by atoms with Crippen molar-refractivity contribution in [2.45, 2.75) is 13.5 Å². The van der Waals surface area contributed by atoms with Crippen molar-refractivity contribution in [1.82, 2.24) is 4.90 Å². The molecule has 0 radical (unpaired) electrons. The summed E-state index contributed by atoms with van der Waals surface area (Å²) in [5, 5.41) is 0. The number of hydrogen-bond acceptors (Lipinski definition) is 2. The highest BCUT2D eigenvalue weighted by Gasteiger charge is 2.07. The summed E-state index contributed by atoms with van der Waals surface area (Å²) in [6, 6.07) is 5.18. The van der Waals surface area contributed by atoms with Gasteiger partial charge in [-0.1, -0.05) is 28.9 Å². The summed E-state index contributed by atoms with van der Waals surface area (Å²) in [7, 11) is 1.67. The molecule has 0 atom stereocenters. The Morgan fingerprint density at radius 3 is 2.75 bits per heavy atom. The first kappa shape index (κ1) is 13.6. The second kappa shape index (κ2) is 6.99. The van der Waals surface area contributed by atoms with Crippen LogP contribution in [0.1, 0.15) is 12.5 Å². The molecule has 16 heavy (non-hydrogen) atoms. The van der Waals surface area contributed by atoms with Crippen molar-refractivity contribution in [2.24, 2.45) is 0 Å². The summed E-state index contributed by atoms with van der Waals surface area (Å²) in [6.07, 6.45) is 0. The molecule has 1 aromatic carbocycles. The minimum Gasteiger partial charge on any atom is -0.383 e. The molecule has 0 amide bonds. The van der Waals surface area contributed by atoms with Crippen molar-refractivity contribution < 1.29 is 9.13 Å². The predicted octanol–water partition coefficient (Wildman–Crippen LogP) is 3.06. The topological polar surface area (TPSA) is 12.5 Å². The van der Waals surface area contributed by atoms with E-state index in [2.05, 4.69) is 27.8 Å². The third-order valence-corrected chi connectivity index (χ3v) is 2.96. The molecule has 0 bridgehead atoms. The summed E-state index contributed by atoms with van der Waals surface area (Å²) in [6.45, 7) is 5.07. The summed E-state index contributed by atoms with van der Waals surface area (Å²) >= 11 is 3.25. The minimum atomic E-state index is -0.162. The lowest BCUT2D eigenvalue weighted by Crippen LogP contribution is -2.27. The number of ether oxygens (including phenoxy) is 1. The third kappa shape index (κ3) is 4.20. The number of hydrogen-bond donors (Lipinski definition) is 0. The number of rotatable bonds is 6. The largest absolute Gasteiger partial charge is 0.383 e. The van der Waals surface area contributed by atoms with Gasteiger partial charge in [-0.15, -0.1) is 0 Å². The fourth-order valence-corrected chi connectivity index (χ4v) is 1.79. The second-order valence-electron chi connectivity index (χ2n) is 3.60. The van der Waals surface area contributed by atoms with Crippen LogP contribution in [0.2, 0.25) is 0 Å². The van der Waals surface area contributed by atoms with E-state index in [9.17, 15) is 4.39 Å². The summed E-state index contributed by atoms with van der Waals surface area (Å²) < 4.78 is 19.4. The van der Waals surface area contributed by atoms with E-state index >= 15 is 0 Å². The molecule has 0 aliphatic heterocycles. The van der Waals surface area contributed by atoms with E-state index in [-0.39, 0.29) is 5.82 Å². The molecule has 1 aromatic rings. The van der Waals surface area contributed by atoms with Crippen LogP contribution in [-0.4, -0.2) is 31.7 Å². The minimum absolute atomic E-state index is 0.162. The lowest BCUT2D eigenvalue weighted by atomic mass is 10.2. The van der Waals surface area contributed by atoms with Crippen molar-refractivity contribution in [1.29, 1.82) is 0 Å². The highest BCUT2D eigenvalue weighted by atomic mass is 79.9. The second-order valence-corrected chi connectivity index (χ2v) is 4.51. The Bertz CT molecular complexity index is 333. The standard InChI is InChI=1S/C12H17BrFNO/c1-3-15(6-7-16-2)9-10-4-5-11(13)8-12(10)14/h4-5,8H,3,6-7,9H2,1-2H3. The molecule has 0 heterocycles. The zero-order valence-corrected chi connectivity index (χ0v) is 11.3. The molecular formula is C12H17BrFNO. The zero-order chi connectivity index (χ0) is 12.0. The van der Waals surface area contributed by atoms with Gasteiger partial charge >= 0.3 is 0 Å². The van der Waals surface area contributed by atoms with Crippen molar-refractivity contribution >= 4 is 15.9 Å². The molecule has 0 aliphatic rings. The van der Waals surface area contributed by atoms with Gasteiger partial charge in [-0.25, -0.2) is 4.39 Å². The van der Waals surface area contributed by atoms with Crippen LogP contribution in [0.15, 0.2) is 22.7 Å². The Kier molecular flexibility index (Phi) is 5.95. The number of benzene rings is 1. The first-order valence-corrected chi connectivity index (χ1v) is 6.12. The van der Waals surface area contributed by atoms with E-state index in [0.29, 0.717) is 13.2 Å². The van der Waals surface area contributed by atoms with E-state index < -0.39 is 0 Å². The average Bonchev–Trinajstić information content (AvgIpc) is 2.27. The summed E-state index contributed by atoms with van der Waals surface area (Å²) in [5.41, 5.74) is 0.723. The molecule has 0 fully saturated rings. The zero-order valence-electron chi connectivity index (χ0n) is 9.67. The fourth-order valence-electron chi connectivity index (χ4n) is 1.46. The lowest BCUT2D eigenvalue weighted by molar-refractivity contribution is 0.147. The number of likely N-dealkylation sites (N-methyl/N-ethyl adjacent to an activating group) is 1. The highest BCUT2D eigenvalue weighted by Crippen LogP contribution is 2.16. The van der Waals surface area contributed by atoms with Crippen molar-refractivity contribution in [3.63, 3.8) is 0 Å². The van der Waals surface area contributed by atoms with Crippen LogP contribution in [0.5, 0.6) is 0 Å². The Hall–Kier alpha value is -0.450. The van der Waals surface area contributed by atoms with Gasteiger partial charge in [0.15, 0.2) is 0 Å². The number of halogens is 2. The molecule has 0 aromatic heterocycles. The van der Waals surface area contributed by atoms with Crippen molar-refractivity contribution in [3.8, 4) is 0 Å². The van der Waals surface area contributed by atoms with Crippen molar-refractivity contribution in [2.75, 3.05) is 26.8 Å². The summed E-state index contributed by atoms with van der Waals surface area (Å²) in [4.78, 5) is 2.15. The predicted molar refractivity (Wildman–Crippen MR) is 66.9 cm³/mol. The molecule has 0 saturated heterocycles. The molecule has 4 heteroatoms. The lowest BCUT2D eigenvalue weighted by Gasteiger charge is -2.20. The normalized spacial score (nSPS) is 11.1. The fraction of sp³-hybridized carbons (Fsp3) is 0.500. The van der Waals surface area contributed by atoms with E-state index in [0.717, 1.165) is 23.1 Å². The van der Waals surface area contributed by atoms with Gasteiger partial charge in [0.25, 0.3) is 0 Å². The Balaban J connectivity index is 2.62. The van der Waals surface area contributed by atoms with E-state index in [1.54, 1.807) is 7.11 Å². The molecule has 0 aliphatic carbocycles. The average molecular weight is 290 g/mol. The van der Waals surface area contributed by atoms with Crippen LogP contribution in [-0.2, 0) is 11.3 Å². The van der Waals surface area contributed by atoms with Crippen LogP contribution in [0.4, 0.5) is 4.39 Å². The van der Waals surface area contributed by atoms with Gasteiger partial charge < -0.3 is 4.74 Å². The maximum atomic E-state index is 13.6. The Morgan fingerprint density at radius 2 is 2.19 bits per heavy atom. The molecule has 0 spiro atoms. The Morgan fingerprint density at radius 1 is 1.44 bits per heavy atom. The van der Waals surface area contributed by atoms with Gasteiger partial charge in [-0.3, -0.25) is 4.90 Å². The van der Waals surface area contributed by atoms with Crippen LogP contribution in [0.25, 0.3) is 0 Å². The summed E-state index contributed by atoms with van der Waals surface area (Å²) in [5.74, 6) is -0.162. The van der Waals surface area contributed by atoms with Gasteiger partial charge in [-0.2, -0.15) is 0 Å². The quantitative estimate of drug-likeness (QED) is 0.798. The maximum absolute atomic E-state index is 13.6. The van der Waals surface area contributed by atoms with Crippen LogP contribution in [0.3, 0.4) is 0 Å². The molecule has 0 saturated carbocycles. The molecule has 90 valence electrons. The third-order valence-electron chi connectivity index (χ3n) is 2.47. The Labute approximate surface area is 105 Å². The highest BCUT2D eigenvalue weighted by molar-refractivity contribution is 9.10. The van der Waals surface area contributed by atoms with Crippen LogP contribution < -0.4 is 0 Å². The van der Waals surface area contributed by atoms with Crippen LogP contribution >= 0.6 is 15.9 Å². The first-order valence-electron chi connectivity index (χ1n) is 5.32. The molecule has 0 N–H and O–H groups in total. The molecular weight excluding hydrogens is 273 g/mol. The van der Waals surface area contributed by atoms with Gasteiger partial charge in [-0.05, 0) is 18.7 Å². The van der Waals surface area contributed by atoms with Gasteiger partial charge in [0.2, 0.25) is 0 Å². The van der Waals surface area contributed by atoms with Crippen LogP contribution in [0, 0.1) is 5.82 Å². The molecule has 1 rings (SSSR count). The van der Waals surface area contributed by atoms with E-state index in [1.165, 1.54) is 6.07 Å². The molecule has 2 nitrogen and oxygen atoms in total. The van der Waals surface area contributed by atoms with E-state index in [4.69, 9.17) is 4.74 Å². The van der Waals surface area contributed by atoms with Gasteiger partial charge in [0, 0.05) is 30.2 Å². The van der Waals surface area contributed by atoms with Gasteiger partial charge in [0.1, 0.15) is 5.82 Å². The number of methoxy groups -OCH3 is 1. The SMILES string of the molecule is CCN(CCOC)Cc1ccc(Br)cc1F. The maximum Gasteiger partial charge on any atom is 0.128 e. The first-order chi connectivity index (χ1) is 7.67.